The van der Waals surface area contributed by atoms with Crippen LogP contribution in [0.5, 0.6) is 0 Å². The number of ether oxygens (including phenoxy) is 2. The first-order valence-corrected chi connectivity index (χ1v) is 9.23. The Morgan fingerprint density at radius 3 is 2.85 bits per heavy atom. The number of hydrogen-bond donors (Lipinski definition) is 2. The normalized spacial score (nSPS) is 20.0. The van der Waals surface area contributed by atoms with E-state index in [9.17, 15) is 9.59 Å². The van der Waals surface area contributed by atoms with E-state index in [2.05, 4.69) is 15.5 Å². The molecule has 0 spiro atoms. The number of benzene rings is 1. The van der Waals surface area contributed by atoms with E-state index in [1.807, 2.05) is 6.07 Å². The van der Waals surface area contributed by atoms with Crippen molar-refractivity contribution in [1.82, 2.24) is 5.32 Å². The molecular formula is C19H27N3O4. The second-order valence-electron chi connectivity index (χ2n) is 6.77. The van der Waals surface area contributed by atoms with Crippen LogP contribution in [0.1, 0.15) is 29.6 Å². The molecule has 7 nitrogen and oxygen atoms in total. The monoisotopic (exact) mass is 361 g/mol. The number of esters is 1. The first-order valence-electron chi connectivity index (χ1n) is 9.23. The molecule has 142 valence electrons. The van der Waals surface area contributed by atoms with Crippen LogP contribution < -0.4 is 15.5 Å². The first kappa shape index (κ1) is 18.7. The highest BCUT2D eigenvalue weighted by atomic mass is 16.5. The largest absolute Gasteiger partial charge is 0.465 e. The lowest BCUT2D eigenvalue weighted by atomic mass is 10.0. The van der Waals surface area contributed by atoms with Gasteiger partial charge < -0.3 is 25.0 Å². The van der Waals surface area contributed by atoms with Gasteiger partial charge in [-0.25, -0.2) is 4.79 Å². The summed E-state index contributed by atoms with van der Waals surface area (Å²) in [5.41, 5.74) is 1.82. The molecule has 1 aromatic rings. The molecular weight excluding hydrogens is 334 g/mol. The lowest BCUT2D eigenvalue weighted by molar-refractivity contribution is -0.116. The van der Waals surface area contributed by atoms with Gasteiger partial charge in [-0.05, 0) is 50.0 Å². The highest BCUT2D eigenvalue weighted by Gasteiger charge is 2.20. The molecule has 0 radical (unpaired) electrons. The number of carbonyl (C=O) groups excluding carboxylic acids is 2. The molecule has 2 fully saturated rings. The smallest absolute Gasteiger partial charge is 0.340 e. The zero-order valence-corrected chi connectivity index (χ0v) is 15.3. The van der Waals surface area contributed by atoms with E-state index in [1.165, 1.54) is 7.11 Å². The molecule has 1 amide bonds. The van der Waals surface area contributed by atoms with E-state index in [4.69, 9.17) is 9.47 Å². The van der Waals surface area contributed by atoms with E-state index < -0.39 is 5.97 Å². The molecule has 0 saturated carbocycles. The lowest BCUT2D eigenvalue weighted by Gasteiger charge is -2.29. The van der Waals surface area contributed by atoms with Gasteiger partial charge in [-0.1, -0.05) is 0 Å². The number of amides is 1. The first-order chi connectivity index (χ1) is 12.7. The van der Waals surface area contributed by atoms with Gasteiger partial charge in [0.2, 0.25) is 5.91 Å². The van der Waals surface area contributed by atoms with E-state index in [0.29, 0.717) is 36.8 Å². The molecule has 2 aliphatic heterocycles. The molecule has 0 aliphatic carbocycles. The van der Waals surface area contributed by atoms with Crippen LogP contribution in [-0.4, -0.2) is 58.4 Å². The number of rotatable bonds is 6. The third-order valence-corrected chi connectivity index (χ3v) is 5.00. The van der Waals surface area contributed by atoms with Crippen molar-refractivity contribution in [3.05, 3.63) is 23.8 Å². The van der Waals surface area contributed by atoms with Gasteiger partial charge in [-0.3, -0.25) is 4.79 Å². The standard InChI is InChI=1S/C19H27N3O4/c1-25-19(24)16-12-15(22-8-10-26-11-9-22)3-4-17(16)21-18(23)5-2-14-6-7-20-13-14/h3-4,12,14,20H,2,5-11,13H2,1H3,(H,21,23). The van der Waals surface area contributed by atoms with Crippen molar-refractivity contribution in [2.75, 3.05) is 56.7 Å². The van der Waals surface area contributed by atoms with Crippen LogP contribution >= 0.6 is 0 Å². The Morgan fingerprint density at radius 1 is 1.35 bits per heavy atom. The van der Waals surface area contributed by atoms with Crippen LogP contribution in [0.3, 0.4) is 0 Å². The summed E-state index contributed by atoms with van der Waals surface area (Å²) >= 11 is 0. The maximum atomic E-state index is 12.3. The van der Waals surface area contributed by atoms with Crippen molar-refractivity contribution in [1.29, 1.82) is 0 Å². The molecule has 0 bridgehead atoms. The number of nitrogens with zero attached hydrogens (tertiary/aromatic N) is 1. The van der Waals surface area contributed by atoms with Gasteiger partial charge in [0.15, 0.2) is 0 Å². The van der Waals surface area contributed by atoms with Gasteiger partial charge in [0.25, 0.3) is 0 Å². The molecule has 2 saturated heterocycles. The van der Waals surface area contributed by atoms with Gasteiger partial charge in [0.05, 0.1) is 31.6 Å². The van der Waals surface area contributed by atoms with Crippen molar-refractivity contribution in [2.24, 2.45) is 5.92 Å². The molecule has 2 aliphatic rings. The number of carbonyl (C=O) groups is 2. The average Bonchev–Trinajstić information content (AvgIpc) is 3.20. The van der Waals surface area contributed by atoms with Gasteiger partial charge in [0, 0.05) is 25.2 Å². The number of morpholine rings is 1. The minimum atomic E-state index is -0.449. The van der Waals surface area contributed by atoms with Crippen LogP contribution in [0.15, 0.2) is 18.2 Å². The minimum Gasteiger partial charge on any atom is -0.465 e. The van der Waals surface area contributed by atoms with Gasteiger partial charge in [-0.2, -0.15) is 0 Å². The fraction of sp³-hybridized carbons (Fsp3) is 0.579. The summed E-state index contributed by atoms with van der Waals surface area (Å²) in [6.07, 6.45) is 2.44. The van der Waals surface area contributed by atoms with Crippen LogP contribution in [-0.2, 0) is 14.3 Å². The molecule has 3 rings (SSSR count). The number of nitrogens with one attached hydrogen (secondary N) is 2. The quantitative estimate of drug-likeness (QED) is 0.750. The van der Waals surface area contributed by atoms with Gasteiger partial charge in [0.1, 0.15) is 0 Å². The molecule has 2 heterocycles. The van der Waals surface area contributed by atoms with Gasteiger partial charge >= 0.3 is 5.97 Å². The second-order valence-corrected chi connectivity index (χ2v) is 6.77. The predicted octanol–water partition coefficient (Wildman–Crippen LogP) is 1.64. The van der Waals surface area contributed by atoms with E-state index in [0.717, 1.165) is 44.7 Å². The highest BCUT2D eigenvalue weighted by molar-refractivity contribution is 6.02. The van der Waals surface area contributed by atoms with Crippen molar-refractivity contribution in [3.63, 3.8) is 0 Å². The maximum Gasteiger partial charge on any atom is 0.340 e. The van der Waals surface area contributed by atoms with Crippen LogP contribution in [0.4, 0.5) is 11.4 Å². The SMILES string of the molecule is COC(=O)c1cc(N2CCOCC2)ccc1NC(=O)CCC1CCNC1. The lowest BCUT2D eigenvalue weighted by Crippen LogP contribution is -2.36. The molecule has 1 atom stereocenters. The number of hydrogen-bond acceptors (Lipinski definition) is 6. The highest BCUT2D eigenvalue weighted by Crippen LogP contribution is 2.25. The molecule has 1 aromatic carbocycles. The fourth-order valence-electron chi connectivity index (χ4n) is 3.45. The van der Waals surface area contributed by atoms with Crippen molar-refractivity contribution in [3.8, 4) is 0 Å². The zero-order chi connectivity index (χ0) is 18.4. The average molecular weight is 361 g/mol. The second kappa shape index (κ2) is 9.00. The van der Waals surface area contributed by atoms with E-state index in [-0.39, 0.29) is 5.91 Å². The van der Waals surface area contributed by atoms with Crippen LogP contribution in [0, 0.1) is 5.92 Å². The summed E-state index contributed by atoms with van der Waals surface area (Å²) in [5.74, 6) is 0.0427. The topological polar surface area (TPSA) is 79.9 Å². The van der Waals surface area contributed by atoms with Crippen molar-refractivity contribution >= 4 is 23.3 Å². The van der Waals surface area contributed by atoms with Crippen molar-refractivity contribution in [2.45, 2.75) is 19.3 Å². The Hall–Kier alpha value is -2.12. The third kappa shape index (κ3) is 4.74. The van der Waals surface area contributed by atoms with Crippen LogP contribution in [0.2, 0.25) is 0 Å². The number of methoxy groups -OCH3 is 1. The summed E-state index contributed by atoms with van der Waals surface area (Å²) < 4.78 is 10.3. The maximum absolute atomic E-state index is 12.3. The molecule has 26 heavy (non-hydrogen) atoms. The summed E-state index contributed by atoms with van der Waals surface area (Å²) in [5, 5.41) is 6.18. The van der Waals surface area contributed by atoms with Crippen molar-refractivity contribution < 1.29 is 19.1 Å². The van der Waals surface area contributed by atoms with Gasteiger partial charge in [-0.15, -0.1) is 0 Å². The summed E-state index contributed by atoms with van der Waals surface area (Å²) in [4.78, 5) is 26.7. The summed E-state index contributed by atoms with van der Waals surface area (Å²) in [6, 6.07) is 5.49. The summed E-state index contributed by atoms with van der Waals surface area (Å²) in [6.45, 7) is 4.91. The molecule has 7 heteroatoms. The minimum absolute atomic E-state index is 0.0684. The Bertz CT molecular complexity index is 638. The third-order valence-electron chi connectivity index (χ3n) is 5.00. The zero-order valence-electron chi connectivity index (χ0n) is 15.3. The Balaban J connectivity index is 1.68. The predicted molar refractivity (Wildman–Crippen MR) is 99.7 cm³/mol. The number of anilines is 2. The Kier molecular flexibility index (Phi) is 6.46. The Morgan fingerprint density at radius 2 is 2.15 bits per heavy atom. The molecule has 1 unspecified atom stereocenters. The Labute approximate surface area is 154 Å². The van der Waals surface area contributed by atoms with Crippen LogP contribution in [0.25, 0.3) is 0 Å². The summed E-state index contributed by atoms with van der Waals surface area (Å²) in [7, 11) is 1.35. The molecule has 0 aromatic heterocycles. The van der Waals surface area contributed by atoms with E-state index in [1.54, 1.807) is 12.1 Å². The van der Waals surface area contributed by atoms with E-state index >= 15 is 0 Å². The fourth-order valence-corrected chi connectivity index (χ4v) is 3.45. The molecule has 2 N–H and O–H groups in total.